The summed E-state index contributed by atoms with van der Waals surface area (Å²) in [6.07, 6.45) is 0. The molecule has 3 rings (SSSR count). The van der Waals surface area contributed by atoms with Crippen molar-refractivity contribution < 1.29 is 14.1 Å². The highest BCUT2D eigenvalue weighted by molar-refractivity contribution is 5.88. The maximum atomic E-state index is 13.6. The topological polar surface area (TPSA) is 101 Å². The molecule has 0 fully saturated rings. The zero-order valence-electron chi connectivity index (χ0n) is 14.6. The fourth-order valence-electron chi connectivity index (χ4n) is 2.84. The van der Waals surface area contributed by atoms with Crippen LogP contribution in [0.25, 0.3) is 10.9 Å². The SMILES string of the molecule is COc1ccc(F)cc1C(C)Nc1cc(C#N)c2cc([N+](=O)[O-])ccc2n1. The minimum atomic E-state index is -0.523. The highest BCUT2D eigenvalue weighted by Crippen LogP contribution is 2.30. The van der Waals surface area contributed by atoms with Crippen molar-refractivity contribution in [3.05, 3.63) is 69.5 Å². The van der Waals surface area contributed by atoms with Crippen LogP contribution >= 0.6 is 0 Å². The second-order valence-corrected chi connectivity index (χ2v) is 5.88. The zero-order valence-corrected chi connectivity index (χ0v) is 14.6. The number of nitriles is 1. The minimum absolute atomic E-state index is 0.112. The molecule has 1 heterocycles. The molecule has 0 bridgehead atoms. The van der Waals surface area contributed by atoms with E-state index in [2.05, 4.69) is 10.3 Å². The largest absolute Gasteiger partial charge is 0.496 e. The number of non-ortho nitro benzene ring substituents is 1. The van der Waals surface area contributed by atoms with Crippen molar-refractivity contribution in [2.24, 2.45) is 0 Å². The van der Waals surface area contributed by atoms with Gasteiger partial charge in [0.1, 0.15) is 17.4 Å². The summed E-state index contributed by atoms with van der Waals surface area (Å²) in [4.78, 5) is 14.8. The Hall–Kier alpha value is -3.73. The highest BCUT2D eigenvalue weighted by Gasteiger charge is 2.16. The Morgan fingerprint density at radius 1 is 1.30 bits per heavy atom. The van der Waals surface area contributed by atoms with Crippen LogP contribution in [0, 0.1) is 27.3 Å². The molecule has 1 atom stereocenters. The summed E-state index contributed by atoms with van der Waals surface area (Å²) in [5.41, 5.74) is 1.19. The lowest BCUT2D eigenvalue weighted by Crippen LogP contribution is -2.10. The number of halogens is 1. The fourth-order valence-corrected chi connectivity index (χ4v) is 2.84. The molecule has 27 heavy (non-hydrogen) atoms. The van der Waals surface area contributed by atoms with Crippen molar-refractivity contribution in [2.75, 3.05) is 12.4 Å². The standard InChI is InChI=1S/C19H15FN4O3/c1-11(15-8-13(20)3-6-18(15)27-2)22-19-7-12(10-21)16-9-14(24(25)26)4-5-17(16)23-19/h3-9,11H,1-2H3,(H,22,23). The van der Waals surface area contributed by atoms with Gasteiger partial charge in [-0.15, -0.1) is 0 Å². The van der Waals surface area contributed by atoms with Gasteiger partial charge in [0.15, 0.2) is 0 Å². The van der Waals surface area contributed by atoms with Gasteiger partial charge in [-0.05, 0) is 37.3 Å². The van der Waals surface area contributed by atoms with E-state index in [4.69, 9.17) is 4.74 Å². The smallest absolute Gasteiger partial charge is 0.270 e. The van der Waals surface area contributed by atoms with Crippen LogP contribution in [0.4, 0.5) is 15.9 Å². The number of nitro benzene ring substituents is 1. The van der Waals surface area contributed by atoms with E-state index in [9.17, 15) is 19.8 Å². The van der Waals surface area contributed by atoms with Crippen LogP contribution < -0.4 is 10.1 Å². The molecule has 1 aromatic heterocycles. The predicted molar refractivity (Wildman–Crippen MR) is 98.1 cm³/mol. The Bertz CT molecular complexity index is 1080. The summed E-state index contributed by atoms with van der Waals surface area (Å²) < 4.78 is 18.9. The maximum absolute atomic E-state index is 13.6. The van der Waals surface area contributed by atoms with E-state index in [-0.39, 0.29) is 17.3 Å². The number of ether oxygens (including phenoxy) is 1. The second-order valence-electron chi connectivity index (χ2n) is 5.88. The first kappa shape index (κ1) is 18.1. The molecule has 0 amide bonds. The Kier molecular flexibility index (Phi) is 4.86. The molecule has 0 aliphatic carbocycles. The highest BCUT2D eigenvalue weighted by atomic mass is 19.1. The molecule has 0 saturated heterocycles. The molecule has 7 nitrogen and oxygen atoms in total. The number of pyridine rings is 1. The number of nitro groups is 1. The first-order chi connectivity index (χ1) is 12.9. The van der Waals surface area contributed by atoms with Gasteiger partial charge in [-0.1, -0.05) is 0 Å². The van der Waals surface area contributed by atoms with Gasteiger partial charge >= 0.3 is 0 Å². The van der Waals surface area contributed by atoms with Crippen LogP contribution in [-0.4, -0.2) is 17.0 Å². The summed E-state index contributed by atoms with van der Waals surface area (Å²) in [6.45, 7) is 1.81. The lowest BCUT2D eigenvalue weighted by atomic mass is 10.1. The zero-order chi connectivity index (χ0) is 19.6. The Morgan fingerprint density at radius 2 is 2.07 bits per heavy atom. The molecule has 1 unspecified atom stereocenters. The fraction of sp³-hybridized carbons (Fsp3) is 0.158. The van der Waals surface area contributed by atoms with Crippen molar-refractivity contribution in [3.63, 3.8) is 0 Å². The number of hydrogen-bond donors (Lipinski definition) is 1. The summed E-state index contributed by atoms with van der Waals surface area (Å²) in [7, 11) is 1.50. The lowest BCUT2D eigenvalue weighted by molar-refractivity contribution is -0.384. The number of rotatable bonds is 5. The van der Waals surface area contributed by atoms with Crippen molar-refractivity contribution >= 4 is 22.4 Å². The summed E-state index contributed by atoms with van der Waals surface area (Å²) in [5.74, 6) is 0.524. The number of methoxy groups -OCH3 is 1. The molecule has 0 spiro atoms. The number of benzene rings is 2. The van der Waals surface area contributed by atoms with E-state index in [1.54, 1.807) is 0 Å². The van der Waals surface area contributed by atoms with Crippen LogP contribution in [0.5, 0.6) is 5.75 Å². The summed E-state index contributed by atoms with van der Waals surface area (Å²) in [5, 5.41) is 23.9. The summed E-state index contributed by atoms with van der Waals surface area (Å²) in [6, 6.07) is 11.5. The van der Waals surface area contributed by atoms with Gasteiger partial charge in [0.2, 0.25) is 0 Å². The Balaban J connectivity index is 2.00. The van der Waals surface area contributed by atoms with E-state index in [0.29, 0.717) is 28.0 Å². The minimum Gasteiger partial charge on any atom is -0.496 e. The van der Waals surface area contributed by atoms with Gasteiger partial charge in [0, 0.05) is 23.1 Å². The molecule has 3 aromatic rings. The van der Waals surface area contributed by atoms with Crippen LogP contribution in [0.2, 0.25) is 0 Å². The van der Waals surface area contributed by atoms with Gasteiger partial charge in [0.25, 0.3) is 5.69 Å². The third-order valence-corrected chi connectivity index (χ3v) is 4.15. The van der Waals surface area contributed by atoms with Crippen molar-refractivity contribution in [1.29, 1.82) is 5.26 Å². The van der Waals surface area contributed by atoms with Crippen LogP contribution in [-0.2, 0) is 0 Å². The third-order valence-electron chi connectivity index (χ3n) is 4.15. The van der Waals surface area contributed by atoms with Crippen LogP contribution in [0.1, 0.15) is 24.1 Å². The summed E-state index contributed by atoms with van der Waals surface area (Å²) >= 11 is 0. The van der Waals surface area contributed by atoms with Gasteiger partial charge in [-0.3, -0.25) is 10.1 Å². The number of nitrogens with one attached hydrogen (secondary N) is 1. The van der Waals surface area contributed by atoms with Crippen molar-refractivity contribution in [1.82, 2.24) is 4.98 Å². The molecule has 0 saturated carbocycles. The normalized spacial score (nSPS) is 11.6. The number of anilines is 1. The molecule has 0 aliphatic heterocycles. The van der Waals surface area contributed by atoms with Gasteiger partial charge in [0.05, 0.1) is 35.2 Å². The molecule has 0 radical (unpaired) electrons. The van der Waals surface area contributed by atoms with Gasteiger partial charge < -0.3 is 10.1 Å². The number of fused-ring (bicyclic) bond motifs is 1. The number of nitrogens with zero attached hydrogens (tertiary/aromatic N) is 3. The van der Waals surface area contributed by atoms with E-state index < -0.39 is 10.7 Å². The molecule has 136 valence electrons. The first-order valence-corrected chi connectivity index (χ1v) is 8.02. The van der Waals surface area contributed by atoms with E-state index in [0.717, 1.165) is 0 Å². The van der Waals surface area contributed by atoms with Crippen molar-refractivity contribution in [3.8, 4) is 11.8 Å². The van der Waals surface area contributed by atoms with E-state index >= 15 is 0 Å². The average molecular weight is 366 g/mol. The maximum Gasteiger partial charge on any atom is 0.270 e. The number of aromatic nitrogens is 1. The molecule has 8 heteroatoms. The van der Waals surface area contributed by atoms with E-state index in [1.165, 1.54) is 49.6 Å². The number of hydrogen-bond acceptors (Lipinski definition) is 6. The Labute approximate surface area is 154 Å². The molecule has 0 aliphatic rings. The monoisotopic (exact) mass is 366 g/mol. The second kappa shape index (κ2) is 7.25. The Morgan fingerprint density at radius 3 is 2.74 bits per heavy atom. The predicted octanol–water partition coefficient (Wildman–Crippen LogP) is 4.34. The molecule has 2 aromatic carbocycles. The lowest BCUT2D eigenvalue weighted by Gasteiger charge is -2.18. The van der Waals surface area contributed by atoms with Crippen molar-refractivity contribution in [2.45, 2.75) is 13.0 Å². The van der Waals surface area contributed by atoms with Crippen LogP contribution in [0.3, 0.4) is 0 Å². The molecule has 1 N–H and O–H groups in total. The van der Waals surface area contributed by atoms with E-state index in [1.807, 2.05) is 13.0 Å². The first-order valence-electron chi connectivity index (χ1n) is 8.02. The van der Waals surface area contributed by atoms with Gasteiger partial charge in [-0.2, -0.15) is 5.26 Å². The van der Waals surface area contributed by atoms with Crippen LogP contribution in [0.15, 0.2) is 42.5 Å². The quantitative estimate of drug-likeness (QED) is 0.532. The van der Waals surface area contributed by atoms with Gasteiger partial charge in [-0.25, -0.2) is 9.37 Å². The third kappa shape index (κ3) is 3.62. The molecular weight excluding hydrogens is 351 g/mol. The molecular formula is C19H15FN4O3. The average Bonchev–Trinajstić information content (AvgIpc) is 2.66.